The van der Waals surface area contributed by atoms with Gasteiger partial charge in [-0.05, 0) is 20.8 Å². The lowest BCUT2D eigenvalue weighted by Gasteiger charge is -2.19. The zero-order valence-corrected chi connectivity index (χ0v) is 8.14. The molecule has 0 aromatic rings. The lowest BCUT2D eigenvalue weighted by Crippen LogP contribution is -2.18. The molecule has 0 bridgehead atoms. The Morgan fingerprint density at radius 1 is 1.36 bits per heavy atom. The molecule has 0 aliphatic rings. The number of nitrogens with two attached hydrogens (primary N) is 1. The van der Waals surface area contributed by atoms with E-state index in [-0.39, 0.29) is 0 Å². The standard InChI is InChI=1S/C6H16NO3P/c1-4-9-11(8,6(3)7)10-5-2/h6H,4-5,7H2,1-3H3. The highest BCUT2D eigenvalue weighted by atomic mass is 31.2. The van der Waals surface area contributed by atoms with Gasteiger partial charge < -0.3 is 14.8 Å². The first-order chi connectivity index (χ1) is 5.06. The van der Waals surface area contributed by atoms with Gasteiger partial charge in [-0.15, -0.1) is 0 Å². The molecular weight excluding hydrogens is 165 g/mol. The first-order valence-corrected chi connectivity index (χ1v) is 5.32. The molecule has 0 aliphatic heterocycles. The molecule has 0 saturated carbocycles. The SMILES string of the molecule is CCOP(=O)(OCC)C(C)N. The van der Waals surface area contributed by atoms with E-state index in [0.29, 0.717) is 13.2 Å². The topological polar surface area (TPSA) is 61.5 Å². The molecule has 0 aliphatic carbocycles. The van der Waals surface area contributed by atoms with Crippen molar-refractivity contribution in [1.29, 1.82) is 0 Å². The van der Waals surface area contributed by atoms with E-state index in [2.05, 4.69) is 0 Å². The molecule has 0 saturated heterocycles. The van der Waals surface area contributed by atoms with Crippen LogP contribution in [0.15, 0.2) is 0 Å². The first-order valence-electron chi connectivity index (χ1n) is 3.71. The van der Waals surface area contributed by atoms with Crippen LogP contribution in [0.1, 0.15) is 20.8 Å². The molecule has 0 heterocycles. The summed E-state index contributed by atoms with van der Waals surface area (Å²) in [5.74, 6) is -0.553. The molecule has 68 valence electrons. The van der Waals surface area contributed by atoms with Crippen LogP contribution in [0.4, 0.5) is 0 Å². The molecule has 4 nitrogen and oxygen atoms in total. The summed E-state index contributed by atoms with van der Waals surface area (Å²) < 4.78 is 21.4. The summed E-state index contributed by atoms with van der Waals surface area (Å²) >= 11 is 0. The van der Waals surface area contributed by atoms with Crippen LogP contribution in [0.2, 0.25) is 0 Å². The van der Waals surface area contributed by atoms with Crippen LogP contribution in [-0.2, 0) is 13.6 Å². The largest absolute Gasteiger partial charge is 0.346 e. The van der Waals surface area contributed by atoms with E-state index in [1.807, 2.05) is 0 Å². The predicted molar refractivity (Wildman–Crippen MR) is 44.5 cm³/mol. The fourth-order valence-electron chi connectivity index (χ4n) is 0.632. The number of hydrogen-bond donors (Lipinski definition) is 1. The van der Waals surface area contributed by atoms with Gasteiger partial charge in [-0.3, -0.25) is 4.57 Å². The third-order valence-electron chi connectivity index (χ3n) is 1.12. The average molecular weight is 181 g/mol. The molecule has 1 unspecified atom stereocenters. The van der Waals surface area contributed by atoms with Crippen LogP contribution in [-0.4, -0.2) is 19.0 Å². The smallest absolute Gasteiger partial charge is 0.318 e. The van der Waals surface area contributed by atoms with E-state index in [4.69, 9.17) is 14.8 Å². The summed E-state index contributed by atoms with van der Waals surface area (Å²) in [5.41, 5.74) is 5.43. The minimum absolute atomic E-state index is 0.360. The zero-order chi connectivity index (χ0) is 8.91. The van der Waals surface area contributed by atoms with Crippen molar-refractivity contribution in [3.05, 3.63) is 0 Å². The molecule has 0 radical (unpaired) electrons. The Hall–Kier alpha value is 0.110. The van der Waals surface area contributed by atoms with Gasteiger partial charge in [0.2, 0.25) is 0 Å². The number of hydrogen-bond acceptors (Lipinski definition) is 4. The van der Waals surface area contributed by atoms with Crippen molar-refractivity contribution in [1.82, 2.24) is 0 Å². The summed E-state index contributed by atoms with van der Waals surface area (Å²) in [4.78, 5) is 0. The molecule has 0 amide bonds. The van der Waals surface area contributed by atoms with E-state index in [1.54, 1.807) is 20.8 Å². The van der Waals surface area contributed by atoms with E-state index in [0.717, 1.165) is 0 Å². The molecule has 11 heavy (non-hydrogen) atoms. The van der Waals surface area contributed by atoms with E-state index < -0.39 is 13.4 Å². The Balaban J connectivity index is 4.14. The lowest BCUT2D eigenvalue weighted by molar-refractivity contribution is 0.213. The summed E-state index contributed by atoms with van der Waals surface area (Å²) in [6, 6.07) is 0. The second-order valence-corrected chi connectivity index (χ2v) is 4.53. The highest BCUT2D eigenvalue weighted by Gasteiger charge is 2.28. The van der Waals surface area contributed by atoms with Crippen molar-refractivity contribution in [3.8, 4) is 0 Å². The normalized spacial score (nSPS) is 14.9. The van der Waals surface area contributed by atoms with Gasteiger partial charge >= 0.3 is 7.60 Å². The highest BCUT2D eigenvalue weighted by Crippen LogP contribution is 2.50. The Morgan fingerprint density at radius 3 is 1.91 bits per heavy atom. The Morgan fingerprint density at radius 2 is 1.73 bits per heavy atom. The average Bonchev–Trinajstić information content (AvgIpc) is 1.88. The van der Waals surface area contributed by atoms with Gasteiger partial charge in [-0.2, -0.15) is 0 Å². The summed E-state index contributed by atoms with van der Waals surface area (Å²) in [6.45, 7) is 5.85. The van der Waals surface area contributed by atoms with Crippen LogP contribution in [0.25, 0.3) is 0 Å². The van der Waals surface area contributed by atoms with Crippen LogP contribution in [0, 0.1) is 0 Å². The minimum atomic E-state index is -3.01. The van der Waals surface area contributed by atoms with Crippen molar-refractivity contribution in [2.75, 3.05) is 13.2 Å². The zero-order valence-electron chi connectivity index (χ0n) is 7.24. The maximum absolute atomic E-state index is 11.5. The molecule has 0 rings (SSSR count). The fraction of sp³-hybridized carbons (Fsp3) is 1.00. The fourth-order valence-corrected chi connectivity index (χ4v) is 1.90. The minimum Gasteiger partial charge on any atom is -0.318 e. The van der Waals surface area contributed by atoms with Crippen molar-refractivity contribution in [3.63, 3.8) is 0 Å². The van der Waals surface area contributed by atoms with Gasteiger partial charge in [0, 0.05) is 0 Å². The summed E-state index contributed by atoms with van der Waals surface area (Å²) in [7, 11) is -3.01. The van der Waals surface area contributed by atoms with Crippen LogP contribution >= 0.6 is 7.60 Å². The quantitative estimate of drug-likeness (QED) is 0.654. The maximum atomic E-state index is 11.5. The second-order valence-electron chi connectivity index (χ2n) is 2.12. The molecule has 0 aromatic carbocycles. The molecule has 2 N–H and O–H groups in total. The van der Waals surface area contributed by atoms with Gasteiger partial charge in [0.15, 0.2) is 0 Å². The van der Waals surface area contributed by atoms with Crippen molar-refractivity contribution in [2.45, 2.75) is 26.6 Å². The van der Waals surface area contributed by atoms with Crippen LogP contribution < -0.4 is 5.73 Å². The van der Waals surface area contributed by atoms with Gasteiger partial charge in [0.1, 0.15) is 5.78 Å². The predicted octanol–water partition coefficient (Wildman–Crippen LogP) is 1.56. The van der Waals surface area contributed by atoms with Crippen molar-refractivity contribution < 1.29 is 13.6 Å². The molecular formula is C6H16NO3P. The number of rotatable bonds is 5. The third kappa shape index (κ3) is 3.34. The Kier molecular flexibility index (Phi) is 4.93. The van der Waals surface area contributed by atoms with E-state index in [1.165, 1.54) is 0 Å². The molecule has 1 atom stereocenters. The van der Waals surface area contributed by atoms with Crippen molar-refractivity contribution >= 4 is 7.60 Å². The van der Waals surface area contributed by atoms with Gasteiger partial charge in [0.05, 0.1) is 13.2 Å². The molecule has 5 heteroatoms. The van der Waals surface area contributed by atoms with Gasteiger partial charge in [-0.1, -0.05) is 0 Å². The Bertz CT molecular complexity index is 139. The molecule has 0 fully saturated rings. The van der Waals surface area contributed by atoms with Gasteiger partial charge in [-0.25, -0.2) is 0 Å². The van der Waals surface area contributed by atoms with Crippen LogP contribution in [0.3, 0.4) is 0 Å². The molecule has 0 spiro atoms. The Labute approximate surface area is 67.6 Å². The molecule has 0 aromatic heterocycles. The highest BCUT2D eigenvalue weighted by molar-refractivity contribution is 7.54. The van der Waals surface area contributed by atoms with E-state index in [9.17, 15) is 4.57 Å². The second kappa shape index (κ2) is 4.88. The first kappa shape index (κ1) is 11.1. The maximum Gasteiger partial charge on any atom is 0.346 e. The van der Waals surface area contributed by atoms with Crippen LogP contribution in [0.5, 0.6) is 0 Å². The van der Waals surface area contributed by atoms with E-state index >= 15 is 0 Å². The van der Waals surface area contributed by atoms with Crippen molar-refractivity contribution in [2.24, 2.45) is 5.73 Å². The summed E-state index contributed by atoms with van der Waals surface area (Å²) in [5, 5.41) is 0. The van der Waals surface area contributed by atoms with Gasteiger partial charge in [0.25, 0.3) is 0 Å². The third-order valence-corrected chi connectivity index (χ3v) is 3.35. The monoisotopic (exact) mass is 181 g/mol. The summed E-state index contributed by atoms with van der Waals surface area (Å²) in [6.07, 6.45) is 0. The lowest BCUT2D eigenvalue weighted by atomic mass is 10.8.